The molecule has 1 unspecified atom stereocenters. The van der Waals surface area contributed by atoms with Gasteiger partial charge >= 0.3 is 0 Å². The normalized spacial score (nSPS) is 12.5. The molecule has 1 N–H and O–H groups in total. The summed E-state index contributed by atoms with van der Waals surface area (Å²) in [5, 5.41) is 20.8. The molecule has 0 aliphatic rings. The van der Waals surface area contributed by atoms with Crippen molar-refractivity contribution >= 4 is 11.4 Å². The van der Waals surface area contributed by atoms with E-state index < -0.39 is 6.10 Å². The number of hydrogen-bond donors (Lipinski definition) is 1. The zero-order chi connectivity index (χ0) is 14.6. The van der Waals surface area contributed by atoms with E-state index in [0.717, 1.165) is 13.0 Å². The predicted molar refractivity (Wildman–Crippen MR) is 76.5 cm³/mol. The molecule has 5 nitrogen and oxygen atoms in total. The Morgan fingerprint density at radius 1 is 1.37 bits per heavy atom. The van der Waals surface area contributed by atoms with Crippen LogP contribution in [0.15, 0.2) is 18.2 Å². The molecule has 19 heavy (non-hydrogen) atoms. The number of hydrogen-bond acceptors (Lipinski definition) is 4. The molecule has 1 atom stereocenters. The maximum atomic E-state index is 11.2. The van der Waals surface area contributed by atoms with Gasteiger partial charge in [0, 0.05) is 18.7 Å². The Hall–Kier alpha value is -1.62. The molecule has 1 aromatic rings. The van der Waals surface area contributed by atoms with Gasteiger partial charge in [-0.3, -0.25) is 10.1 Å². The molecule has 1 rings (SSSR count). The summed E-state index contributed by atoms with van der Waals surface area (Å²) in [6.45, 7) is 8.45. The predicted octanol–water partition coefficient (Wildman–Crippen LogP) is 3.27. The van der Waals surface area contributed by atoms with Gasteiger partial charge in [0.25, 0.3) is 5.69 Å². The standard InChI is InChI=1S/C14H22N2O3/c1-5-8-15(10(2)3)13-7-6-12(11(4)17)9-14(13)16(18)19/h6-7,9-11,17H,5,8H2,1-4H3. The summed E-state index contributed by atoms with van der Waals surface area (Å²) in [6, 6.07) is 5.13. The highest BCUT2D eigenvalue weighted by Gasteiger charge is 2.22. The third-order valence-electron chi connectivity index (χ3n) is 3.08. The first-order valence-corrected chi connectivity index (χ1v) is 6.61. The third kappa shape index (κ3) is 3.67. The second-order valence-corrected chi connectivity index (χ2v) is 4.97. The van der Waals surface area contributed by atoms with Crippen LogP contribution in [0.4, 0.5) is 11.4 Å². The van der Waals surface area contributed by atoms with E-state index in [0.29, 0.717) is 11.3 Å². The van der Waals surface area contributed by atoms with Crippen molar-refractivity contribution < 1.29 is 10.0 Å². The van der Waals surface area contributed by atoms with E-state index in [9.17, 15) is 15.2 Å². The number of anilines is 1. The first-order valence-electron chi connectivity index (χ1n) is 6.61. The van der Waals surface area contributed by atoms with Crippen LogP contribution in [0.1, 0.15) is 45.8 Å². The summed E-state index contributed by atoms with van der Waals surface area (Å²) < 4.78 is 0. The van der Waals surface area contributed by atoms with Gasteiger partial charge in [-0.05, 0) is 38.8 Å². The van der Waals surface area contributed by atoms with E-state index in [4.69, 9.17) is 0 Å². The first-order chi connectivity index (χ1) is 8.88. The molecule has 1 aromatic carbocycles. The van der Waals surface area contributed by atoms with Gasteiger partial charge in [0.05, 0.1) is 11.0 Å². The molecule has 0 aliphatic heterocycles. The van der Waals surface area contributed by atoms with Crippen LogP contribution in [-0.4, -0.2) is 22.6 Å². The molecular formula is C14H22N2O3. The molecule has 0 bridgehead atoms. The molecule has 0 saturated heterocycles. The number of nitrogens with zero attached hydrogens (tertiary/aromatic N) is 2. The Morgan fingerprint density at radius 3 is 2.42 bits per heavy atom. The lowest BCUT2D eigenvalue weighted by molar-refractivity contribution is -0.384. The maximum Gasteiger partial charge on any atom is 0.292 e. The summed E-state index contributed by atoms with van der Waals surface area (Å²) >= 11 is 0. The monoisotopic (exact) mass is 266 g/mol. The minimum absolute atomic E-state index is 0.0561. The molecule has 0 saturated carbocycles. The topological polar surface area (TPSA) is 66.6 Å². The van der Waals surface area contributed by atoms with Gasteiger partial charge in [-0.25, -0.2) is 0 Å². The van der Waals surface area contributed by atoms with Gasteiger partial charge in [-0.15, -0.1) is 0 Å². The highest BCUT2D eigenvalue weighted by molar-refractivity contribution is 5.65. The Labute approximate surface area is 114 Å². The van der Waals surface area contributed by atoms with Crippen LogP contribution < -0.4 is 4.90 Å². The van der Waals surface area contributed by atoms with Gasteiger partial charge < -0.3 is 10.0 Å². The van der Waals surface area contributed by atoms with Crippen molar-refractivity contribution in [2.45, 2.75) is 46.3 Å². The zero-order valence-electron chi connectivity index (χ0n) is 12.0. The summed E-state index contributed by atoms with van der Waals surface area (Å²) in [7, 11) is 0. The lowest BCUT2D eigenvalue weighted by Crippen LogP contribution is -2.32. The summed E-state index contributed by atoms with van der Waals surface area (Å²) in [6.07, 6.45) is 0.222. The van der Waals surface area contributed by atoms with E-state index in [1.54, 1.807) is 19.1 Å². The quantitative estimate of drug-likeness (QED) is 0.634. The van der Waals surface area contributed by atoms with Crippen molar-refractivity contribution in [2.75, 3.05) is 11.4 Å². The van der Waals surface area contributed by atoms with Gasteiger partial charge in [0.2, 0.25) is 0 Å². The molecule has 0 aromatic heterocycles. The van der Waals surface area contributed by atoms with Crippen LogP contribution >= 0.6 is 0 Å². The van der Waals surface area contributed by atoms with Crippen LogP contribution in [0, 0.1) is 10.1 Å². The largest absolute Gasteiger partial charge is 0.389 e. The lowest BCUT2D eigenvalue weighted by atomic mass is 10.1. The van der Waals surface area contributed by atoms with Gasteiger partial charge in [-0.2, -0.15) is 0 Å². The third-order valence-corrected chi connectivity index (χ3v) is 3.08. The molecule has 0 spiro atoms. The molecule has 0 heterocycles. The van der Waals surface area contributed by atoms with E-state index in [-0.39, 0.29) is 16.7 Å². The van der Waals surface area contributed by atoms with Gasteiger partial charge in [-0.1, -0.05) is 13.0 Å². The summed E-state index contributed by atoms with van der Waals surface area (Å²) in [5.41, 5.74) is 1.24. The lowest BCUT2D eigenvalue weighted by Gasteiger charge is -2.28. The SMILES string of the molecule is CCCN(c1ccc(C(C)O)cc1[N+](=O)[O-])C(C)C. The molecule has 0 radical (unpaired) electrons. The second kappa shape index (κ2) is 6.52. The molecule has 0 fully saturated rings. The fourth-order valence-electron chi connectivity index (χ4n) is 2.09. The number of rotatable bonds is 6. The number of benzene rings is 1. The Balaban J connectivity index is 3.28. The number of aliphatic hydroxyl groups excluding tert-OH is 1. The highest BCUT2D eigenvalue weighted by Crippen LogP contribution is 2.32. The average molecular weight is 266 g/mol. The molecule has 0 aliphatic carbocycles. The number of nitro groups is 1. The van der Waals surface area contributed by atoms with Gasteiger partial charge in [0.1, 0.15) is 5.69 Å². The van der Waals surface area contributed by atoms with E-state index in [1.807, 2.05) is 25.7 Å². The smallest absolute Gasteiger partial charge is 0.292 e. The second-order valence-electron chi connectivity index (χ2n) is 4.97. The summed E-state index contributed by atoms with van der Waals surface area (Å²) in [4.78, 5) is 12.9. The minimum Gasteiger partial charge on any atom is -0.389 e. The average Bonchev–Trinajstić information content (AvgIpc) is 2.34. The molecule has 106 valence electrons. The van der Waals surface area contributed by atoms with E-state index >= 15 is 0 Å². The fourth-order valence-corrected chi connectivity index (χ4v) is 2.09. The van der Waals surface area contributed by atoms with Crippen molar-refractivity contribution in [1.82, 2.24) is 0 Å². The molecule has 5 heteroatoms. The van der Waals surface area contributed by atoms with Gasteiger partial charge in [0.15, 0.2) is 0 Å². The Morgan fingerprint density at radius 2 is 2.00 bits per heavy atom. The maximum absolute atomic E-state index is 11.2. The van der Waals surface area contributed by atoms with Crippen molar-refractivity contribution in [3.05, 3.63) is 33.9 Å². The first kappa shape index (κ1) is 15.4. The Bertz CT molecular complexity index is 444. The van der Waals surface area contributed by atoms with Crippen LogP contribution in [0.25, 0.3) is 0 Å². The number of aliphatic hydroxyl groups is 1. The van der Waals surface area contributed by atoms with Crippen molar-refractivity contribution in [1.29, 1.82) is 0 Å². The number of nitro benzene ring substituents is 1. The molecular weight excluding hydrogens is 244 g/mol. The summed E-state index contributed by atoms with van der Waals surface area (Å²) in [5.74, 6) is 0. The van der Waals surface area contributed by atoms with Crippen LogP contribution in [0.2, 0.25) is 0 Å². The minimum atomic E-state index is -0.702. The molecule has 0 amide bonds. The van der Waals surface area contributed by atoms with Crippen molar-refractivity contribution in [3.8, 4) is 0 Å². The Kier molecular flexibility index (Phi) is 5.30. The zero-order valence-corrected chi connectivity index (χ0v) is 12.0. The fraction of sp³-hybridized carbons (Fsp3) is 0.571. The van der Waals surface area contributed by atoms with Crippen molar-refractivity contribution in [2.24, 2.45) is 0 Å². The van der Waals surface area contributed by atoms with Crippen LogP contribution in [0.5, 0.6) is 0 Å². The highest BCUT2D eigenvalue weighted by atomic mass is 16.6. The van der Waals surface area contributed by atoms with Crippen LogP contribution in [-0.2, 0) is 0 Å². The van der Waals surface area contributed by atoms with Crippen molar-refractivity contribution in [3.63, 3.8) is 0 Å². The van der Waals surface area contributed by atoms with E-state index in [2.05, 4.69) is 0 Å². The van der Waals surface area contributed by atoms with E-state index in [1.165, 1.54) is 6.07 Å². The van der Waals surface area contributed by atoms with Crippen LogP contribution in [0.3, 0.4) is 0 Å².